The van der Waals surface area contributed by atoms with Crippen LogP contribution in [0.1, 0.15) is 77.0 Å². The molecule has 2 aliphatic heterocycles. The number of likely N-dealkylation sites (N-methyl/N-ethyl adjacent to an activating group) is 2. The van der Waals surface area contributed by atoms with Crippen molar-refractivity contribution in [3.8, 4) is 0 Å². The van der Waals surface area contributed by atoms with Crippen LogP contribution in [-0.2, 0) is 28.5 Å². The summed E-state index contributed by atoms with van der Waals surface area (Å²) in [5, 5.41) is 0. The van der Waals surface area contributed by atoms with Crippen LogP contribution in [0.4, 0.5) is 0 Å². The van der Waals surface area contributed by atoms with Crippen molar-refractivity contribution in [2.75, 3.05) is 80.8 Å². The van der Waals surface area contributed by atoms with Gasteiger partial charge < -0.3 is 61.9 Å². The minimum absolute atomic E-state index is 0. The van der Waals surface area contributed by atoms with E-state index in [1.54, 1.807) is 0 Å². The van der Waals surface area contributed by atoms with E-state index in [1.807, 2.05) is 0 Å². The van der Waals surface area contributed by atoms with Crippen LogP contribution >= 0.6 is 0 Å². The fourth-order valence-corrected chi connectivity index (χ4v) is 7.44. The number of halogens is 2. The first-order chi connectivity index (χ1) is 19.1. The highest BCUT2D eigenvalue weighted by Gasteiger charge is 2.38. The first-order valence-corrected chi connectivity index (χ1v) is 16.3. The normalized spacial score (nSPS) is 29.0. The second kappa shape index (κ2) is 18.3. The molecule has 8 nitrogen and oxygen atoms in total. The van der Waals surface area contributed by atoms with Crippen molar-refractivity contribution in [1.29, 1.82) is 0 Å². The molecular weight excluding hydrogens is 668 g/mol. The Balaban J connectivity index is 0.00000308. The average molecular weight is 727 g/mol. The second-order valence-corrected chi connectivity index (χ2v) is 14.5. The number of hydrogen-bond acceptors (Lipinski definition) is 6. The Hall–Kier alpha value is 0.0600. The van der Waals surface area contributed by atoms with Gasteiger partial charge in [-0.3, -0.25) is 9.59 Å². The highest BCUT2D eigenvalue weighted by Crippen LogP contribution is 2.42. The summed E-state index contributed by atoms with van der Waals surface area (Å²) in [6.07, 6.45) is 12.5. The van der Waals surface area contributed by atoms with E-state index >= 15 is 0 Å². The van der Waals surface area contributed by atoms with E-state index in [0.29, 0.717) is 45.5 Å². The van der Waals surface area contributed by atoms with Crippen LogP contribution < -0.4 is 34.0 Å². The molecule has 246 valence electrons. The summed E-state index contributed by atoms with van der Waals surface area (Å²) in [7, 11) is 8.50. The van der Waals surface area contributed by atoms with Crippen LogP contribution in [-0.4, -0.2) is 114 Å². The molecule has 2 saturated heterocycles. The molecule has 2 aliphatic carbocycles. The molecule has 0 aromatic carbocycles. The molecule has 0 N–H and O–H groups in total. The Bertz CT molecular complexity index is 731. The van der Waals surface area contributed by atoms with E-state index in [0.717, 1.165) is 117 Å². The fraction of sp³-hybridized carbons (Fsp3) is 0.938. The largest absolute Gasteiger partial charge is 1.00 e. The van der Waals surface area contributed by atoms with Gasteiger partial charge in [0.15, 0.2) is 11.6 Å². The Morgan fingerprint density at radius 1 is 0.524 bits per heavy atom. The van der Waals surface area contributed by atoms with E-state index in [-0.39, 0.29) is 58.4 Å². The molecule has 10 heteroatoms. The second-order valence-electron chi connectivity index (χ2n) is 14.5. The van der Waals surface area contributed by atoms with Crippen molar-refractivity contribution >= 4 is 11.6 Å². The number of ether oxygens (including phenoxy) is 4. The summed E-state index contributed by atoms with van der Waals surface area (Å²) in [6, 6.07) is 0. The number of nitrogens with zero attached hydrogens (tertiary/aromatic N) is 2. The van der Waals surface area contributed by atoms with Gasteiger partial charge in [-0.15, -0.1) is 0 Å². The lowest BCUT2D eigenvalue weighted by Crippen LogP contribution is -3.00. The molecule has 0 atom stereocenters. The lowest BCUT2D eigenvalue weighted by Gasteiger charge is -2.39. The van der Waals surface area contributed by atoms with Crippen molar-refractivity contribution in [3.63, 3.8) is 0 Å². The van der Waals surface area contributed by atoms with Gasteiger partial charge in [0, 0.05) is 11.8 Å². The quantitative estimate of drug-likeness (QED) is 0.235. The summed E-state index contributed by atoms with van der Waals surface area (Å²) >= 11 is 0. The van der Waals surface area contributed by atoms with Gasteiger partial charge in [-0.05, 0) is 88.9 Å². The topological polar surface area (TPSA) is 71.1 Å². The molecule has 0 radical (unpaired) electrons. The minimum atomic E-state index is -0.197. The summed E-state index contributed by atoms with van der Waals surface area (Å²) in [5.74, 6) is 2.64. The summed E-state index contributed by atoms with van der Waals surface area (Å²) in [4.78, 5) is 26.5. The minimum Gasteiger partial charge on any atom is -1.00 e. The monoisotopic (exact) mass is 724 g/mol. The van der Waals surface area contributed by atoms with Gasteiger partial charge in [0.1, 0.15) is 26.2 Å². The van der Waals surface area contributed by atoms with E-state index in [4.69, 9.17) is 18.9 Å². The maximum Gasteiger partial charge on any atom is 0.207 e. The third-order valence-electron chi connectivity index (χ3n) is 9.87. The summed E-state index contributed by atoms with van der Waals surface area (Å²) in [5.41, 5.74) is 0. The van der Waals surface area contributed by atoms with Crippen LogP contribution in [0, 0.1) is 23.7 Å². The number of ketones is 2. The summed E-state index contributed by atoms with van der Waals surface area (Å²) < 4.78 is 24.6. The molecule has 0 amide bonds. The van der Waals surface area contributed by atoms with Crippen LogP contribution in [0.3, 0.4) is 0 Å². The van der Waals surface area contributed by atoms with Crippen LogP contribution in [0.15, 0.2) is 0 Å². The van der Waals surface area contributed by atoms with Crippen molar-refractivity contribution in [2.45, 2.75) is 89.6 Å². The molecule has 42 heavy (non-hydrogen) atoms. The third kappa shape index (κ3) is 12.5. The zero-order chi connectivity index (χ0) is 28.6. The fourth-order valence-electron chi connectivity index (χ4n) is 7.44. The predicted molar refractivity (Wildman–Crippen MR) is 154 cm³/mol. The van der Waals surface area contributed by atoms with Gasteiger partial charge in [-0.2, -0.15) is 0 Å². The van der Waals surface area contributed by atoms with E-state index in [1.165, 1.54) is 0 Å². The molecular formula is C32H58Br2N2O6. The lowest BCUT2D eigenvalue weighted by molar-refractivity contribution is -0.888. The zero-order valence-electron chi connectivity index (χ0n) is 26.7. The van der Waals surface area contributed by atoms with E-state index < -0.39 is 0 Å². The van der Waals surface area contributed by atoms with Gasteiger partial charge in [-0.1, -0.05) is 0 Å². The summed E-state index contributed by atoms with van der Waals surface area (Å²) in [6.45, 7) is 5.56. The van der Waals surface area contributed by atoms with Gasteiger partial charge in [-0.25, -0.2) is 0 Å². The maximum atomic E-state index is 13.2. The molecule has 4 rings (SSSR count). The number of quaternary nitrogens is 2. The molecule has 2 heterocycles. The molecule has 2 saturated carbocycles. The lowest BCUT2D eigenvalue weighted by atomic mass is 9.68. The number of carbonyl (C=O) groups excluding carboxylic acids is 2. The first kappa shape index (κ1) is 38.2. The predicted octanol–water partition coefficient (Wildman–Crippen LogP) is -1.80. The standard InChI is InChI=1S/C32H58N2O6.2BrH/c1-33(2,23-31-37-17-5-6-18-38-31)21-29(35)27-13-9-25(10-14-27)26-11-15-28(16-12-26)30(36)22-34(3,4)24-32-39-19-7-8-20-40-32;;/h25-28,31-32H,5-24H2,1-4H3;2*1H/q+2;;/p-2. The number of rotatable bonds is 11. The smallest absolute Gasteiger partial charge is 0.207 e. The van der Waals surface area contributed by atoms with Crippen molar-refractivity contribution < 1.29 is 71.5 Å². The Morgan fingerprint density at radius 3 is 1.10 bits per heavy atom. The number of carbonyl (C=O) groups is 2. The Morgan fingerprint density at radius 2 is 0.810 bits per heavy atom. The molecule has 4 fully saturated rings. The SMILES string of the molecule is C[N+](C)(CC(=O)C1CCC(C2CCC(C(=O)C[N+](C)(C)CC3OCCCCO3)CC2)CC1)CC1OCCCCO1.[Br-].[Br-]. The average Bonchev–Trinajstić information content (AvgIpc) is 3.32. The third-order valence-corrected chi connectivity index (χ3v) is 9.87. The highest BCUT2D eigenvalue weighted by atomic mass is 79.9. The number of hydrogen-bond donors (Lipinski definition) is 0. The van der Waals surface area contributed by atoms with Crippen molar-refractivity contribution in [2.24, 2.45) is 23.7 Å². The number of Topliss-reactive ketones (excluding diaryl/α,β-unsaturated/α-hetero) is 2. The maximum absolute atomic E-state index is 13.2. The van der Waals surface area contributed by atoms with Crippen LogP contribution in [0.2, 0.25) is 0 Å². The molecule has 0 aromatic rings. The van der Waals surface area contributed by atoms with Crippen molar-refractivity contribution in [3.05, 3.63) is 0 Å². The van der Waals surface area contributed by atoms with Gasteiger partial charge in [0.2, 0.25) is 12.6 Å². The molecule has 0 bridgehead atoms. The Labute approximate surface area is 276 Å². The van der Waals surface area contributed by atoms with E-state index in [2.05, 4.69) is 28.2 Å². The molecule has 4 aliphatic rings. The van der Waals surface area contributed by atoms with Crippen LogP contribution in [0.25, 0.3) is 0 Å². The molecule has 0 unspecified atom stereocenters. The molecule has 0 aromatic heterocycles. The van der Waals surface area contributed by atoms with Gasteiger partial charge in [0.05, 0.1) is 54.6 Å². The van der Waals surface area contributed by atoms with Crippen LogP contribution in [0.5, 0.6) is 0 Å². The van der Waals surface area contributed by atoms with Gasteiger partial charge in [0.25, 0.3) is 0 Å². The van der Waals surface area contributed by atoms with E-state index in [9.17, 15) is 9.59 Å². The highest BCUT2D eigenvalue weighted by molar-refractivity contribution is 5.82. The van der Waals surface area contributed by atoms with Crippen molar-refractivity contribution in [1.82, 2.24) is 0 Å². The zero-order valence-corrected chi connectivity index (χ0v) is 29.9. The Kier molecular flexibility index (Phi) is 16.6. The van der Waals surface area contributed by atoms with Gasteiger partial charge >= 0.3 is 0 Å². The molecule has 0 spiro atoms. The first-order valence-electron chi connectivity index (χ1n) is 16.3.